The maximum Gasteiger partial charge on any atom is 0.289 e. The van der Waals surface area contributed by atoms with Crippen LogP contribution < -0.4 is 4.74 Å². The van der Waals surface area contributed by atoms with E-state index in [0.717, 1.165) is 12.3 Å². The lowest BCUT2D eigenvalue weighted by atomic mass is 10.4. The minimum atomic E-state index is -4.12. The van der Waals surface area contributed by atoms with E-state index in [4.69, 9.17) is 10.7 Å². The highest BCUT2D eigenvalue weighted by Crippen LogP contribution is 2.27. The number of pyridine rings is 1. The molecule has 82 valence electrons. The molecular formula is C6H5ClN2O5S. The molecule has 1 aromatic rings. The number of nitrogens with zero attached hydrogens (tertiary/aromatic N) is 2. The summed E-state index contributed by atoms with van der Waals surface area (Å²) in [4.78, 5) is 12.5. The Morgan fingerprint density at radius 1 is 1.60 bits per heavy atom. The fraction of sp³-hybridized carbons (Fsp3) is 0.167. The van der Waals surface area contributed by atoms with E-state index in [1.165, 1.54) is 7.11 Å². The Morgan fingerprint density at radius 2 is 2.20 bits per heavy atom. The average molecular weight is 253 g/mol. The van der Waals surface area contributed by atoms with E-state index < -0.39 is 24.6 Å². The molecule has 1 heterocycles. The van der Waals surface area contributed by atoms with Gasteiger partial charge in [-0.1, -0.05) is 0 Å². The molecular weight excluding hydrogens is 248 g/mol. The van der Waals surface area contributed by atoms with Crippen molar-refractivity contribution in [2.45, 2.75) is 4.90 Å². The third kappa shape index (κ3) is 2.54. The van der Waals surface area contributed by atoms with Gasteiger partial charge in [-0.05, 0) is 0 Å². The molecule has 0 spiro atoms. The zero-order chi connectivity index (χ0) is 11.6. The highest BCUT2D eigenvalue weighted by Gasteiger charge is 2.22. The van der Waals surface area contributed by atoms with E-state index in [2.05, 4.69) is 9.72 Å². The number of nitro groups is 1. The van der Waals surface area contributed by atoms with Crippen LogP contribution in [0, 0.1) is 10.1 Å². The Kier molecular flexibility index (Phi) is 3.10. The fourth-order valence-corrected chi connectivity index (χ4v) is 1.79. The summed E-state index contributed by atoms with van der Waals surface area (Å²) in [5.74, 6) is -0.282. The molecule has 0 saturated carbocycles. The quantitative estimate of drug-likeness (QED) is 0.451. The average Bonchev–Trinajstić information content (AvgIpc) is 2.15. The number of halogens is 1. The van der Waals surface area contributed by atoms with Crippen LogP contribution in [-0.2, 0) is 9.05 Å². The first kappa shape index (κ1) is 11.7. The Hall–Kier alpha value is -1.41. The molecule has 1 aromatic heterocycles. The molecule has 0 aliphatic rings. The topological polar surface area (TPSA) is 99.4 Å². The molecule has 0 aliphatic heterocycles. The van der Waals surface area contributed by atoms with Crippen LogP contribution in [0.3, 0.4) is 0 Å². The van der Waals surface area contributed by atoms with Gasteiger partial charge in [0, 0.05) is 16.7 Å². The number of ether oxygens (including phenoxy) is 1. The van der Waals surface area contributed by atoms with Gasteiger partial charge in [0.05, 0.1) is 12.0 Å². The number of aromatic nitrogens is 1. The first-order valence-corrected chi connectivity index (χ1v) is 5.80. The van der Waals surface area contributed by atoms with Crippen molar-refractivity contribution in [3.8, 4) is 5.88 Å². The van der Waals surface area contributed by atoms with Crippen molar-refractivity contribution >= 4 is 25.4 Å². The van der Waals surface area contributed by atoms with Crippen LogP contribution in [0.25, 0.3) is 0 Å². The predicted molar refractivity (Wildman–Crippen MR) is 50.5 cm³/mol. The molecule has 0 radical (unpaired) electrons. The van der Waals surface area contributed by atoms with E-state index in [9.17, 15) is 18.5 Å². The van der Waals surface area contributed by atoms with Crippen molar-refractivity contribution in [3.05, 3.63) is 22.4 Å². The second-order valence-electron chi connectivity index (χ2n) is 2.40. The van der Waals surface area contributed by atoms with Crippen LogP contribution in [0.15, 0.2) is 17.2 Å². The maximum absolute atomic E-state index is 11.0. The summed E-state index contributed by atoms with van der Waals surface area (Å²) in [6.45, 7) is 0. The van der Waals surface area contributed by atoms with Gasteiger partial charge in [-0.3, -0.25) is 10.1 Å². The van der Waals surface area contributed by atoms with Gasteiger partial charge in [-0.2, -0.15) is 0 Å². The summed E-state index contributed by atoms with van der Waals surface area (Å²) in [5.41, 5.74) is -0.477. The van der Waals surface area contributed by atoms with Crippen LogP contribution >= 0.6 is 10.7 Å². The van der Waals surface area contributed by atoms with Crippen molar-refractivity contribution < 1.29 is 18.1 Å². The second kappa shape index (κ2) is 3.99. The van der Waals surface area contributed by atoms with Crippen molar-refractivity contribution in [1.29, 1.82) is 0 Å². The first-order valence-electron chi connectivity index (χ1n) is 3.49. The van der Waals surface area contributed by atoms with Crippen LogP contribution in [0.5, 0.6) is 5.88 Å². The van der Waals surface area contributed by atoms with Gasteiger partial charge in [-0.15, -0.1) is 0 Å². The molecule has 0 aromatic carbocycles. The molecule has 0 fully saturated rings. The fourth-order valence-electron chi connectivity index (χ4n) is 0.850. The van der Waals surface area contributed by atoms with Crippen molar-refractivity contribution in [2.24, 2.45) is 0 Å². The summed E-state index contributed by atoms with van der Waals surface area (Å²) in [6.07, 6.45) is 0.879. The summed E-state index contributed by atoms with van der Waals surface area (Å²) in [7, 11) is 2.11. The SMILES string of the molecule is COc1ncc([N+](=O)[O-])cc1S(=O)(=O)Cl. The third-order valence-electron chi connectivity index (χ3n) is 1.47. The number of methoxy groups -OCH3 is 1. The summed E-state index contributed by atoms with van der Waals surface area (Å²) in [6, 6.07) is 0.786. The summed E-state index contributed by atoms with van der Waals surface area (Å²) >= 11 is 0. The monoisotopic (exact) mass is 252 g/mol. The number of hydrogen-bond acceptors (Lipinski definition) is 6. The minimum absolute atomic E-state index is 0.282. The molecule has 0 unspecified atom stereocenters. The lowest BCUT2D eigenvalue weighted by Crippen LogP contribution is -2.00. The maximum atomic E-state index is 11.0. The zero-order valence-electron chi connectivity index (χ0n) is 7.38. The molecule has 0 aliphatic carbocycles. The Morgan fingerprint density at radius 3 is 2.60 bits per heavy atom. The standard InChI is InChI=1S/C6H5ClN2O5S/c1-14-6-5(15(7,12)13)2-4(3-8-6)9(10)11/h2-3H,1H3. The van der Waals surface area contributed by atoms with Gasteiger partial charge in [-0.25, -0.2) is 13.4 Å². The van der Waals surface area contributed by atoms with Crippen molar-refractivity contribution in [1.82, 2.24) is 4.98 Å². The van der Waals surface area contributed by atoms with E-state index in [0.29, 0.717) is 0 Å². The predicted octanol–water partition coefficient (Wildman–Crippen LogP) is 0.926. The largest absolute Gasteiger partial charge is 0.480 e. The van der Waals surface area contributed by atoms with Crippen LogP contribution in [-0.4, -0.2) is 25.4 Å². The Labute approximate surface area is 89.2 Å². The van der Waals surface area contributed by atoms with Gasteiger partial charge in [0.25, 0.3) is 14.7 Å². The number of rotatable bonds is 3. The van der Waals surface area contributed by atoms with E-state index in [1.54, 1.807) is 0 Å². The second-order valence-corrected chi connectivity index (χ2v) is 4.93. The smallest absolute Gasteiger partial charge is 0.289 e. The van der Waals surface area contributed by atoms with Crippen LogP contribution in [0.2, 0.25) is 0 Å². The summed E-state index contributed by atoms with van der Waals surface area (Å²) < 4.78 is 26.6. The highest BCUT2D eigenvalue weighted by atomic mass is 35.7. The Bertz CT molecular complexity index is 500. The van der Waals surface area contributed by atoms with Gasteiger partial charge < -0.3 is 4.74 Å². The third-order valence-corrected chi connectivity index (χ3v) is 2.79. The minimum Gasteiger partial charge on any atom is -0.480 e. The first-order chi connectivity index (χ1) is 6.86. The zero-order valence-corrected chi connectivity index (χ0v) is 8.95. The molecule has 9 heteroatoms. The van der Waals surface area contributed by atoms with Gasteiger partial charge >= 0.3 is 0 Å². The molecule has 0 saturated heterocycles. The highest BCUT2D eigenvalue weighted by molar-refractivity contribution is 8.13. The van der Waals surface area contributed by atoms with Crippen LogP contribution in [0.4, 0.5) is 5.69 Å². The molecule has 0 atom stereocenters. The molecule has 0 N–H and O–H groups in total. The lowest BCUT2D eigenvalue weighted by Gasteiger charge is -2.02. The van der Waals surface area contributed by atoms with E-state index in [1.807, 2.05) is 0 Å². The van der Waals surface area contributed by atoms with Gasteiger partial charge in [0.15, 0.2) is 4.90 Å². The molecule has 1 rings (SSSR count). The van der Waals surface area contributed by atoms with Gasteiger partial charge in [0.1, 0.15) is 6.20 Å². The van der Waals surface area contributed by atoms with E-state index in [-0.39, 0.29) is 5.88 Å². The van der Waals surface area contributed by atoms with Gasteiger partial charge in [0.2, 0.25) is 5.88 Å². The molecule has 7 nitrogen and oxygen atoms in total. The molecule has 15 heavy (non-hydrogen) atoms. The summed E-state index contributed by atoms with van der Waals surface area (Å²) in [5, 5.41) is 10.4. The van der Waals surface area contributed by atoms with Crippen molar-refractivity contribution in [3.63, 3.8) is 0 Å². The van der Waals surface area contributed by atoms with Crippen molar-refractivity contribution in [2.75, 3.05) is 7.11 Å². The molecule has 0 bridgehead atoms. The normalized spacial score (nSPS) is 11.1. The molecule has 0 amide bonds. The number of hydrogen-bond donors (Lipinski definition) is 0. The van der Waals surface area contributed by atoms with Crippen LogP contribution in [0.1, 0.15) is 0 Å². The lowest BCUT2D eigenvalue weighted by molar-refractivity contribution is -0.385. The van der Waals surface area contributed by atoms with E-state index >= 15 is 0 Å². The Balaban J connectivity index is 3.46.